The zero-order chi connectivity index (χ0) is 16.8. The van der Waals surface area contributed by atoms with Gasteiger partial charge in [-0.3, -0.25) is 4.79 Å². The van der Waals surface area contributed by atoms with E-state index >= 15 is 0 Å². The van der Waals surface area contributed by atoms with Gasteiger partial charge in [-0.25, -0.2) is 4.79 Å². The van der Waals surface area contributed by atoms with Gasteiger partial charge in [-0.05, 0) is 64.0 Å². The third kappa shape index (κ3) is 5.74. The van der Waals surface area contributed by atoms with E-state index in [1.165, 1.54) is 12.8 Å². The van der Waals surface area contributed by atoms with Crippen LogP contribution in [0, 0.1) is 11.8 Å². The monoisotopic (exact) mass is 372 g/mol. The van der Waals surface area contributed by atoms with Gasteiger partial charge in [-0.15, -0.1) is 12.4 Å². The minimum absolute atomic E-state index is 0. The first-order valence-corrected chi connectivity index (χ1v) is 9.76. The van der Waals surface area contributed by atoms with Crippen molar-refractivity contribution in [3.8, 4) is 0 Å². The maximum atomic E-state index is 12.5. The highest BCUT2D eigenvalue weighted by Crippen LogP contribution is 2.20. The summed E-state index contributed by atoms with van der Waals surface area (Å²) in [5.41, 5.74) is 0. The first kappa shape index (κ1) is 20.3. The smallest absolute Gasteiger partial charge is 0.320 e. The van der Waals surface area contributed by atoms with Crippen LogP contribution in [-0.4, -0.2) is 67.6 Å². The van der Waals surface area contributed by atoms with Crippen LogP contribution in [0.4, 0.5) is 4.79 Å². The fraction of sp³-hybridized carbons (Fsp3) is 0.889. The quantitative estimate of drug-likeness (QED) is 0.791. The number of hydrogen-bond acceptors (Lipinski definition) is 3. The summed E-state index contributed by atoms with van der Waals surface area (Å²) in [4.78, 5) is 28.8. The van der Waals surface area contributed by atoms with Gasteiger partial charge in [-0.2, -0.15) is 0 Å². The molecule has 2 N–H and O–H groups in total. The van der Waals surface area contributed by atoms with Gasteiger partial charge in [0.1, 0.15) is 0 Å². The second-order valence-corrected chi connectivity index (χ2v) is 7.55. The SMILES string of the molecule is Cl.O=C(NCCC1CCCNC1)C1CCCN(C(=O)N2CCCC2)C1. The predicted octanol–water partition coefficient (Wildman–Crippen LogP) is 1.84. The summed E-state index contributed by atoms with van der Waals surface area (Å²) in [5, 5.41) is 6.53. The molecule has 6 nitrogen and oxygen atoms in total. The summed E-state index contributed by atoms with van der Waals surface area (Å²) in [6, 6.07) is 0.137. The van der Waals surface area contributed by atoms with Gasteiger partial charge >= 0.3 is 6.03 Å². The minimum atomic E-state index is -0.0326. The molecule has 144 valence electrons. The number of halogens is 1. The molecule has 0 aromatic carbocycles. The Kier molecular flexibility index (Phi) is 8.30. The van der Waals surface area contributed by atoms with E-state index in [0.29, 0.717) is 12.5 Å². The van der Waals surface area contributed by atoms with E-state index in [9.17, 15) is 9.59 Å². The number of hydrogen-bond donors (Lipinski definition) is 2. The average molecular weight is 373 g/mol. The third-order valence-electron chi connectivity index (χ3n) is 5.69. The van der Waals surface area contributed by atoms with Gasteiger partial charge in [0.15, 0.2) is 0 Å². The van der Waals surface area contributed by atoms with Gasteiger partial charge in [0, 0.05) is 32.7 Å². The summed E-state index contributed by atoms with van der Waals surface area (Å²) < 4.78 is 0. The zero-order valence-corrected chi connectivity index (χ0v) is 16.0. The molecule has 0 aliphatic carbocycles. The van der Waals surface area contributed by atoms with Crippen LogP contribution < -0.4 is 10.6 Å². The molecule has 0 aromatic heterocycles. The van der Waals surface area contributed by atoms with Crippen molar-refractivity contribution in [2.24, 2.45) is 11.8 Å². The van der Waals surface area contributed by atoms with E-state index in [0.717, 1.165) is 71.4 Å². The van der Waals surface area contributed by atoms with Crippen LogP contribution in [0.5, 0.6) is 0 Å². The highest BCUT2D eigenvalue weighted by atomic mass is 35.5. The summed E-state index contributed by atoms with van der Waals surface area (Å²) in [5.74, 6) is 0.797. The second-order valence-electron chi connectivity index (χ2n) is 7.55. The molecule has 25 heavy (non-hydrogen) atoms. The fourth-order valence-corrected chi connectivity index (χ4v) is 4.19. The van der Waals surface area contributed by atoms with Crippen molar-refractivity contribution < 1.29 is 9.59 Å². The molecule has 0 radical (unpaired) electrons. The number of amides is 3. The van der Waals surface area contributed by atoms with Crippen LogP contribution in [0.3, 0.4) is 0 Å². The fourth-order valence-electron chi connectivity index (χ4n) is 4.19. The minimum Gasteiger partial charge on any atom is -0.356 e. The van der Waals surface area contributed by atoms with E-state index in [4.69, 9.17) is 0 Å². The number of carbonyl (C=O) groups excluding carboxylic acids is 2. The van der Waals surface area contributed by atoms with Crippen LogP contribution in [-0.2, 0) is 4.79 Å². The number of piperidine rings is 2. The van der Waals surface area contributed by atoms with Crippen molar-refractivity contribution in [3.05, 3.63) is 0 Å². The molecule has 3 rings (SSSR count). The van der Waals surface area contributed by atoms with Crippen LogP contribution in [0.25, 0.3) is 0 Å². The van der Waals surface area contributed by atoms with Crippen LogP contribution in [0.15, 0.2) is 0 Å². The summed E-state index contributed by atoms with van der Waals surface area (Å²) in [7, 11) is 0. The highest BCUT2D eigenvalue weighted by molar-refractivity contribution is 5.85. The van der Waals surface area contributed by atoms with Crippen molar-refractivity contribution >= 4 is 24.3 Å². The Morgan fingerprint density at radius 3 is 2.48 bits per heavy atom. The van der Waals surface area contributed by atoms with Crippen molar-refractivity contribution in [2.45, 2.75) is 44.9 Å². The maximum Gasteiger partial charge on any atom is 0.320 e. The molecule has 3 fully saturated rings. The molecule has 3 heterocycles. The summed E-state index contributed by atoms with van der Waals surface area (Å²) in [6.07, 6.45) is 7.63. The molecule has 2 unspecified atom stereocenters. The molecule has 3 aliphatic heterocycles. The molecule has 7 heteroatoms. The first-order chi connectivity index (χ1) is 11.7. The Morgan fingerprint density at radius 2 is 1.76 bits per heavy atom. The van der Waals surface area contributed by atoms with Gasteiger partial charge in [0.2, 0.25) is 5.91 Å². The normalized spacial score (nSPS) is 26.9. The molecule has 0 bridgehead atoms. The van der Waals surface area contributed by atoms with E-state index in [2.05, 4.69) is 10.6 Å². The van der Waals surface area contributed by atoms with E-state index in [1.807, 2.05) is 9.80 Å². The highest BCUT2D eigenvalue weighted by Gasteiger charge is 2.31. The Hall–Kier alpha value is -1.01. The first-order valence-electron chi connectivity index (χ1n) is 9.76. The van der Waals surface area contributed by atoms with E-state index < -0.39 is 0 Å². The lowest BCUT2D eigenvalue weighted by Crippen LogP contribution is -2.49. The number of likely N-dealkylation sites (tertiary alicyclic amines) is 2. The Bertz CT molecular complexity index is 437. The number of nitrogens with zero attached hydrogens (tertiary/aromatic N) is 2. The van der Waals surface area contributed by atoms with Crippen molar-refractivity contribution in [1.82, 2.24) is 20.4 Å². The van der Waals surface area contributed by atoms with Gasteiger partial charge in [0.05, 0.1) is 5.92 Å². The number of nitrogens with one attached hydrogen (secondary N) is 2. The number of rotatable bonds is 4. The topological polar surface area (TPSA) is 64.7 Å². The van der Waals surface area contributed by atoms with E-state index in [-0.39, 0.29) is 30.3 Å². The van der Waals surface area contributed by atoms with Crippen molar-refractivity contribution in [1.29, 1.82) is 0 Å². The van der Waals surface area contributed by atoms with Crippen LogP contribution in [0.2, 0.25) is 0 Å². The average Bonchev–Trinajstić information content (AvgIpc) is 3.16. The molecule has 3 aliphatic rings. The third-order valence-corrected chi connectivity index (χ3v) is 5.69. The summed E-state index contributed by atoms with van der Waals surface area (Å²) >= 11 is 0. The van der Waals surface area contributed by atoms with Crippen LogP contribution >= 0.6 is 12.4 Å². The molecular weight excluding hydrogens is 340 g/mol. The van der Waals surface area contributed by atoms with Gasteiger partial charge in [-0.1, -0.05) is 0 Å². The molecule has 3 amide bonds. The zero-order valence-electron chi connectivity index (χ0n) is 15.2. The molecule has 2 atom stereocenters. The molecule has 0 spiro atoms. The maximum absolute atomic E-state index is 12.5. The number of carbonyl (C=O) groups is 2. The van der Waals surface area contributed by atoms with Crippen molar-refractivity contribution in [3.63, 3.8) is 0 Å². The standard InChI is InChI=1S/C18H32N4O2.ClH/c23-17(20-9-7-15-5-3-8-19-13-15)16-6-4-12-22(14-16)18(24)21-10-1-2-11-21;/h15-16,19H,1-14H2,(H,20,23);1H. The lowest BCUT2D eigenvalue weighted by atomic mass is 9.95. The lowest BCUT2D eigenvalue weighted by molar-refractivity contribution is -0.126. The largest absolute Gasteiger partial charge is 0.356 e. The molecule has 3 saturated heterocycles. The van der Waals surface area contributed by atoms with Gasteiger partial charge < -0.3 is 20.4 Å². The number of urea groups is 1. The Balaban J connectivity index is 0.00000225. The Morgan fingerprint density at radius 1 is 1.00 bits per heavy atom. The molecule has 0 aromatic rings. The van der Waals surface area contributed by atoms with Gasteiger partial charge in [0.25, 0.3) is 0 Å². The molecule has 0 saturated carbocycles. The second kappa shape index (κ2) is 10.2. The lowest BCUT2D eigenvalue weighted by Gasteiger charge is -2.34. The molecular formula is C18H33ClN4O2. The Labute approximate surface area is 157 Å². The summed E-state index contributed by atoms with van der Waals surface area (Å²) in [6.45, 7) is 6.12. The van der Waals surface area contributed by atoms with E-state index in [1.54, 1.807) is 0 Å². The van der Waals surface area contributed by atoms with Crippen molar-refractivity contribution in [2.75, 3.05) is 45.8 Å². The predicted molar refractivity (Wildman–Crippen MR) is 101 cm³/mol. The van der Waals surface area contributed by atoms with Crippen LogP contribution in [0.1, 0.15) is 44.9 Å².